The zero-order chi connectivity index (χ0) is 22.0. The van der Waals surface area contributed by atoms with Gasteiger partial charge >= 0.3 is 0 Å². The Hall–Kier alpha value is -4.51. The Bertz CT molecular complexity index is 1860. The van der Waals surface area contributed by atoms with Gasteiger partial charge in [-0.2, -0.15) is 0 Å². The van der Waals surface area contributed by atoms with Gasteiger partial charge in [-0.3, -0.25) is 4.98 Å². The predicted molar refractivity (Wildman–Crippen MR) is 138 cm³/mol. The van der Waals surface area contributed by atoms with E-state index < -0.39 is 0 Å². The molecule has 6 aromatic rings. The van der Waals surface area contributed by atoms with Crippen LogP contribution in [0.2, 0.25) is 0 Å². The third-order valence-corrected chi connectivity index (χ3v) is 7.60. The van der Waals surface area contributed by atoms with Crippen molar-refractivity contribution in [1.29, 1.82) is 0 Å². The Morgan fingerprint density at radius 3 is 2.32 bits per heavy atom. The number of rotatable bonds is 1. The highest BCUT2D eigenvalue weighted by atomic mass is 16.5. The lowest BCUT2D eigenvalue weighted by atomic mass is 9.37. The molecule has 0 atom stereocenters. The second kappa shape index (κ2) is 5.70. The maximum Gasteiger partial charge on any atom is 0.280 e. The molecule has 34 heavy (non-hydrogen) atoms. The topological polar surface area (TPSA) is 30.3 Å². The first kappa shape index (κ1) is 17.0. The molecule has 9 rings (SSSR count). The van der Waals surface area contributed by atoms with Crippen LogP contribution < -0.4 is 26.2 Å². The van der Waals surface area contributed by atoms with Crippen LogP contribution >= 0.6 is 0 Å². The molecule has 0 N–H and O–H groups in total. The minimum Gasteiger partial charge on any atom is -0.458 e. The fourth-order valence-corrected chi connectivity index (χ4v) is 6.40. The second-order valence-corrected chi connectivity index (χ2v) is 9.19. The first-order valence-electron chi connectivity index (χ1n) is 11.6. The highest BCUT2D eigenvalue weighted by Gasteiger charge is 2.50. The molecule has 2 aromatic heterocycles. The molecule has 4 nitrogen and oxygen atoms in total. The van der Waals surface area contributed by atoms with Crippen molar-refractivity contribution in [1.82, 2.24) is 9.55 Å². The minimum absolute atomic E-state index is 0.153. The van der Waals surface area contributed by atoms with Gasteiger partial charge in [0.1, 0.15) is 11.5 Å². The Morgan fingerprint density at radius 1 is 0.676 bits per heavy atom. The lowest BCUT2D eigenvalue weighted by Gasteiger charge is -2.37. The normalized spacial score (nSPS) is 14.0. The van der Waals surface area contributed by atoms with Crippen molar-refractivity contribution in [2.75, 3.05) is 4.90 Å². The molecule has 5 heterocycles. The molecule has 0 saturated carbocycles. The van der Waals surface area contributed by atoms with Crippen molar-refractivity contribution < 1.29 is 4.74 Å². The highest BCUT2D eigenvalue weighted by molar-refractivity contribution is 7.01. The second-order valence-electron chi connectivity index (χ2n) is 9.19. The molecule has 0 radical (unpaired) electrons. The Labute approximate surface area is 195 Å². The first-order chi connectivity index (χ1) is 16.9. The van der Waals surface area contributed by atoms with E-state index in [0.29, 0.717) is 0 Å². The van der Waals surface area contributed by atoms with Crippen LogP contribution in [0.15, 0.2) is 97.2 Å². The molecule has 0 saturated heterocycles. The van der Waals surface area contributed by atoms with Gasteiger partial charge in [0.25, 0.3) is 6.71 Å². The van der Waals surface area contributed by atoms with Gasteiger partial charge in [0, 0.05) is 39.6 Å². The van der Waals surface area contributed by atoms with E-state index in [0.717, 1.165) is 22.7 Å². The van der Waals surface area contributed by atoms with E-state index in [1.165, 1.54) is 49.9 Å². The van der Waals surface area contributed by atoms with Crippen molar-refractivity contribution in [3.8, 4) is 17.2 Å². The van der Waals surface area contributed by atoms with Crippen LogP contribution in [0.3, 0.4) is 0 Å². The van der Waals surface area contributed by atoms with Crippen LogP contribution in [0.1, 0.15) is 0 Å². The van der Waals surface area contributed by atoms with E-state index in [1.807, 2.05) is 12.3 Å². The van der Waals surface area contributed by atoms with Gasteiger partial charge < -0.3 is 14.2 Å². The summed E-state index contributed by atoms with van der Waals surface area (Å²) >= 11 is 0. The minimum atomic E-state index is 0.153. The van der Waals surface area contributed by atoms with E-state index in [1.54, 1.807) is 0 Å². The molecule has 3 aliphatic rings. The van der Waals surface area contributed by atoms with Gasteiger partial charge in [-0.25, -0.2) is 0 Å². The Balaban J connectivity index is 1.56. The third kappa shape index (κ3) is 1.80. The Kier molecular flexibility index (Phi) is 2.85. The lowest BCUT2D eigenvalue weighted by molar-refractivity contribution is 0.488. The molecule has 0 aliphatic carbocycles. The predicted octanol–water partition coefficient (Wildman–Crippen LogP) is 4.90. The number of fused-ring (bicyclic) bond motifs is 6. The number of ether oxygens (including phenoxy) is 1. The lowest BCUT2D eigenvalue weighted by Crippen LogP contribution is -2.57. The third-order valence-electron chi connectivity index (χ3n) is 7.60. The van der Waals surface area contributed by atoms with Crippen LogP contribution in [-0.2, 0) is 0 Å². The zero-order valence-corrected chi connectivity index (χ0v) is 18.1. The van der Waals surface area contributed by atoms with Gasteiger partial charge in [-0.1, -0.05) is 30.3 Å². The van der Waals surface area contributed by atoms with E-state index in [4.69, 9.17) is 4.74 Å². The standard InChI is InChI=1S/C29H16BN3O/c1-2-7-17(8-3-1)32-21-10-4-12-23-25(21)30-26-22(11-5-13-24(26)34-23)33-27-18-9-6-16-31-20(18)15-14-19(27)28(32)29(30)33/h1-16H. The molecule has 4 aromatic carbocycles. The van der Waals surface area contributed by atoms with Crippen molar-refractivity contribution in [3.63, 3.8) is 0 Å². The number of aromatic nitrogens is 2. The number of hydrogen-bond acceptors (Lipinski definition) is 3. The van der Waals surface area contributed by atoms with Gasteiger partial charge in [-0.15, -0.1) is 0 Å². The van der Waals surface area contributed by atoms with E-state index in [9.17, 15) is 0 Å². The average molecular weight is 433 g/mol. The maximum absolute atomic E-state index is 6.51. The molecule has 3 aliphatic heterocycles. The van der Waals surface area contributed by atoms with Crippen LogP contribution in [-0.4, -0.2) is 16.3 Å². The summed E-state index contributed by atoms with van der Waals surface area (Å²) in [5.74, 6) is 1.91. The zero-order valence-electron chi connectivity index (χ0n) is 18.1. The SMILES string of the molecule is c1ccc(N2c3cccc4c3B3c5c(cccc5-n5c3c2c2ccc3ncccc3c25)O4)cc1. The summed E-state index contributed by atoms with van der Waals surface area (Å²) in [5.41, 5.74) is 10.9. The van der Waals surface area contributed by atoms with Gasteiger partial charge in [0.05, 0.1) is 16.7 Å². The van der Waals surface area contributed by atoms with Gasteiger partial charge in [-0.05, 0) is 71.6 Å². The fourth-order valence-electron chi connectivity index (χ4n) is 6.40. The largest absolute Gasteiger partial charge is 0.458 e. The van der Waals surface area contributed by atoms with Crippen LogP contribution in [0.5, 0.6) is 11.5 Å². The summed E-state index contributed by atoms with van der Waals surface area (Å²) < 4.78 is 8.99. The summed E-state index contributed by atoms with van der Waals surface area (Å²) in [6.07, 6.45) is 1.87. The molecular weight excluding hydrogens is 417 g/mol. The molecule has 156 valence electrons. The molecule has 5 heteroatoms. The van der Waals surface area contributed by atoms with Crippen LogP contribution in [0.4, 0.5) is 17.1 Å². The summed E-state index contributed by atoms with van der Waals surface area (Å²) in [7, 11) is 0. The molecule has 0 bridgehead atoms. The monoisotopic (exact) mass is 433 g/mol. The van der Waals surface area contributed by atoms with Gasteiger partial charge in [0.15, 0.2) is 0 Å². The number of anilines is 3. The highest BCUT2D eigenvalue weighted by Crippen LogP contribution is 2.48. The van der Waals surface area contributed by atoms with E-state index >= 15 is 0 Å². The summed E-state index contributed by atoms with van der Waals surface area (Å²) in [5, 5.41) is 2.42. The number of pyridine rings is 1. The average Bonchev–Trinajstić information content (AvgIpc) is 3.42. The van der Waals surface area contributed by atoms with E-state index in [-0.39, 0.29) is 6.71 Å². The molecule has 0 spiro atoms. The summed E-state index contributed by atoms with van der Waals surface area (Å²) in [4.78, 5) is 7.10. The summed E-state index contributed by atoms with van der Waals surface area (Å²) in [6, 6.07) is 32.2. The fraction of sp³-hybridized carbons (Fsp3) is 0. The molecular formula is C29H16BN3O. The summed E-state index contributed by atoms with van der Waals surface area (Å²) in [6.45, 7) is 0.153. The number of para-hydroxylation sites is 1. The molecule has 0 amide bonds. The number of benzene rings is 4. The molecule has 0 fully saturated rings. The smallest absolute Gasteiger partial charge is 0.280 e. The van der Waals surface area contributed by atoms with Gasteiger partial charge in [0.2, 0.25) is 0 Å². The number of hydrogen-bond donors (Lipinski definition) is 0. The quantitative estimate of drug-likeness (QED) is 0.345. The van der Waals surface area contributed by atoms with Crippen molar-refractivity contribution in [2.45, 2.75) is 0 Å². The Morgan fingerprint density at radius 2 is 1.47 bits per heavy atom. The van der Waals surface area contributed by atoms with Crippen molar-refractivity contribution in [3.05, 3.63) is 97.2 Å². The van der Waals surface area contributed by atoms with Crippen molar-refractivity contribution >= 4 is 62.1 Å². The van der Waals surface area contributed by atoms with Crippen molar-refractivity contribution in [2.24, 2.45) is 0 Å². The maximum atomic E-state index is 6.51. The molecule has 0 unspecified atom stereocenters. The van der Waals surface area contributed by atoms with Crippen LogP contribution in [0.25, 0.3) is 27.5 Å². The first-order valence-corrected chi connectivity index (χ1v) is 11.6. The van der Waals surface area contributed by atoms with E-state index in [2.05, 4.69) is 99.4 Å². The number of nitrogens with zero attached hydrogens (tertiary/aromatic N) is 3. The van der Waals surface area contributed by atoms with Crippen LogP contribution in [0, 0.1) is 0 Å².